The average molecular weight is 400 g/mol. The SMILES string of the molecule is Cc1nccn1-c1ccccc1CNS(=O)(=O)CCc1ccccc1[N+](=O)[O-]. The number of nitro benzene ring substituents is 1. The van der Waals surface area contributed by atoms with E-state index in [1.165, 1.54) is 6.07 Å². The van der Waals surface area contributed by atoms with E-state index in [9.17, 15) is 18.5 Å². The van der Waals surface area contributed by atoms with Gasteiger partial charge in [0.15, 0.2) is 0 Å². The van der Waals surface area contributed by atoms with Crippen LogP contribution >= 0.6 is 0 Å². The highest BCUT2D eigenvalue weighted by Gasteiger charge is 2.17. The van der Waals surface area contributed by atoms with Gasteiger partial charge in [-0.1, -0.05) is 36.4 Å². The molecule has 0 unspecified atom stereocenters. The molecule has 0 bridgehead atoms. The Bertz CT molecular complexity index is 1090. The summed E-state index contributed by atoms with van der Waals surface area (Å²) in [6.45, 7) is 1.99. The number of hydrogen-bond donors (Lipinski definition) is 1. The first-order valence-corrected chi connectivity index (χ1v) is 10.3. The maximum atomic E-state index is 12.4. The second-order valence-electron chi connectivity index (χ2n) is 6.25. The lowest BCUT2D eigenvalue weighted by Crippen LogP contribution is -2.27. The van der Waals surface area contributed by atoms with E-state index >= 15 is 0 Å². The standard InChI is InChI=1S/C19H20N4O4S/c1-15-20-11-12-22(15)18-8-4-3-7-17(18)14-21-28(26,27)13-10-16-6-2-5-9-19(16)23(24)25/h2-9,11-12,21H,10,13-14H2,1H3. The van der Waals surface area contributed by atoms with Crippen LogP contribution in [0.15, 0.2) is 60.9 Å². The number of nitrogens with zero attached hydrogens (tertiary/aromatic N) is 3. The number of rotatable bonds is 8. The van der Waals surface area contributed by atoms with E-state index in [2.05, 4.69) is 9.71 Å². The molecule has 0 aliphatic carbocycles. The van der Waals surface area contributed by atoms with Crippen molar-refractivity contribution in [3.05, 3.63) is 88.0 Å². The van der Waals surface area contributed by atoms with Gasteiger partial charge in [0.25, 0.3) is 5.69 Å². The summed E-state index contributed by atoms with van der Waals surface area (Å²) in [5.41, 5.74) is 1.97. The minimum atomic E-state index is -3.61. The third-order valence-electron chi connectivity index (χ3n) is 4.39. The summed E-state index contributed by atoms with van der Waals surface area (Å²) in [4.78, 5) is 14.8. The van der Waals surface area contributed by atoms with Gasteiger partial charge in [0.1, 0.15) is 5.82 Å². The Hall–Kier alpha value is -3.04. The molecule has 0 aliphatic rings. The molecule has 8 nitrogen and oxygen atoms in total. The first-order valence-electron chi connectivity index (χ1n) is 8.65. The fraction of sp³-hybridized carbons (Fsp3) is 0.211. The minimum absolute atomic E-state index is 0.0642. The molecule has 0 saturated heterocycles. The molecule has 0 atom stereocenters. The second kappa shape index (κ2) is 8.32. The Labute approximate surface area is 163 Å². The van der Waals surface area contributed by atoms with Crippen molar-refractivity contribution in [3.63, 3.8) is 0 Å². The molecule has 0 radical (unpaired) electrons. The molecule has 146 valence electrons. The monoisotopic (exact) mass is 400 g/mol. The van der Waals surface area contributed by atoms with Gasteiger partial charge in [-0.15, -0.1) is 0 Å². The number of hydrogen-bond acceptors (Lipinski definition) is 5. The molecule has 0 fully saturated rings. The number of nitro groups is 1. The van der Waals surface area contributed by atoms with E-state index in [4.69, 9.17) is 0 Å². The zero-order valence-electron chi connectivity index (χ0n) is 15.3. The first-order chi connectivity index (χ1) is 13.4. The Morgan fingerprint density at radius 1 is 1.11 bits per heavy atom. The van der Waals surface area contributed by atoms with Gasteiger partial charge in [-0.2, -0.15) is 0 Å². The zero-order chi connectivity index (χ0) is 20.1. The lowest BCUT2D eigenvalue weighted by molar-refractivity contribution is -0.385. The van der Waals surface area contributed by atoms with Crippen molar-refractivity contribution >= 4 is 15.7 Å². The number of aromatic nitrogens is 2. The van der Waals surface area contributed by atoms with Gasteiger partial charge in [-0.05, 0) is 25.0 Å². The van der Waals surface area contributed by atoms with Crippen molar-refractivity contribution in [1.29, 1.82) is 0 Å². The van der Waals surface area contributed by atoms with Gasteiger partial charge >= 0.3 is 0 Å². The molecular formula is C19H20N4O4S. The van der Waals surface area contributed by atoms with Gasteiger partial charge in [-0.3, -0.25) is 10.1 Å². The van der Waals surface area contributed by atoms with Crippen molar-refractivity contribution in [2.75, 3.05) is 5.75 Å². The number of nitrogens with one attached hydrogen (secondary N) is 1. The number of para-hydroxylation sites is 2. The van der Waals surface area contributed by atoms with E-state index in [0.29, 0.717) is 5.56 Å². The maximum absolute atomic E-state index is 12.4. The zero-order valence-corrected chi connectivity index (χ0v) is 16.1. The largest absolute Gasteiger partial charge is 0.304 e. The van der Waals surface area contributed by atoms with Crippen LogP contribution in [0.4, 0.5) is 5.69 Å². The summed E-state index contributed by atoms with van der Waals surface area (Å²) in [5.74, 6) is 0.566. The number of benzene rings is 2. The molecular weight excluding hydrogens is 380 g/mol. The second-order valence-corrected chi connectivity index (χ2v) is 8.18. The predicted molar refractivity (Wildman–Crippen MR) is 106 cm³/mol. The minimum Gasteiger partial charge on any atom is -0.304 e. The van der Waals surface area contributed by atoms with Crippen LogP contribution in [0.5, 0.6) is 0 Å². The van der Waals surface area contributed by atoms with Crippen molar-refractivity contribution in [1.82, 2.24) is 14.3 Å². The van der Waals surface area contributed by atoms with Crippen LogP contribution in [-0.4, -0.2) is 28.6 Å². The molecule has 0 spiro atoms. The molecule has 2 aromatic carbocycles. The molecule has 3 rings (SSSR count). The predicted octanol–water partition coefficient (Wildman–Crippen LogP) is 2.75. The van der Waals surface area contributed by atoms with Crippen LogP contribution in [0.1, 0.15) is 17.0 Å². The van der Waals surface area contributed by atoms with E-state index in [1.54, 1.807) is 24.4 Å². The molecule has 0 saturated carbocycles. The summed E-state index contributed by atoms with van der Waals surface area (Å²) in [7, 11) is -3.61. The Kier molecular flexibility index (Phi) is 5.86. The van der Waals surface area contributed by atoms with Crippen molar-refractivity contribution < 1.29 is 13.3 Å². The fourth-order valence-electron chi connectivity index (χ4n) is 2.93. The van der Waals surface area contributed by atoms with Crippen molar-refractivity contribution in [2.45, 2.75) is 19.9 Å². The van der Waals surface area contributed by atoms with E-state index in [1.807, 2.05) is 42.0 Å². The van der Waals surface area contributed by atoms with Gasteiger partial charge < -0.3 is 4.57 Å². The van der Waals surface area contributed by atoms with Crippen molar-refractivity contribution in [3.8, 4) is 5.69 Å². The van der Waals surface area contributed by atoms with Crippen LogP contribution < -0.4 is 4.72 Å². The summed E-state index contributed by atoms with van der Waals surface area (Å²) < 4.78 is 29.3. The lowest BCUT2D eigenvalue weighted by atomic mass is 10.1. The van der Waals surface area contributed by atoms with Gasteiger partial charge in [0.2, 0.25) is 10.0 Å². The molecule has 1 N–H and O–H groups in total. The Balaban J connectivity index is 1.70. The Morgan fingerprint density at radius 3 is 2.46 bits per heavy atom. The topological polar surface area (TPSA) is 107 Å². The van der Waals surface area contributed by atoms with Crippen LogP contribution in [0.2, 0.25) is 0 Å². The van der Waals surface area contributed by atoms with E-state index in [-0.39, 0.29) is 24.4 Å². The summed E-state index contributed by atoms with van der Waals surface area (Å²) in [6, 6.07) is 13.6. The third kappa shape index (κ3) is 4.62. The highest BCUT2D eigenvalue weighted by atomic mass is 32.2. The van der Waals surface area contributed by atoms with Crippen LogP contribution in [-0.2, 0) is 23.0 Å². The number of aryl methyl sites for hydroxylation is 2. The molecule has 9 heteroatoms. The van der Waals surface area contributed by atoms with Crippen LogP contribution in [0.3, 0.4) is 0 Å². The van der Waals surface area contributed by atoms with Crippen LogP contribution in [0.25, 0.3) is 5.69 Å². The maximum Gasteiger partial charge on any atom is 0.272 e. The van der Waals surface area contributed by atoms with Gasteiger partial charge in [0.05, 0.1) is 16.4 Å². The lowest BCUT2D eigenvalue weighted by Gasteiger charge is -2.13. The molecule has 0 amide bonds. The summed E-state index contributed by atoms with van der Waals surface area (Å²) in [6.07, 6.45) is 3.56. The third-order valence-corrected chi connectivity index (χ3v) is 5.71. The highest BCUT2D eigenvalue weighted by molar-refractivity contribution is 7.89. The quantitative estimate of drug-likeness (QED) is 0.462. The average Bonchev–Trinajstić information content (AvgIpc) is 3.11. The van der Waals surface area contributed by atoms with Gasteiger partial charge in [0, 0.05) is 30.6 Å². The number of imidazole rings is 1. The molecule has 28 heavy (non-hydrogen) atoms. The number of sulfonamides is 1. The van der Waals surface area contributed by atoms with Crippen molar-refractivity contribution in [2.24, 2.45) is 0 Å². The molecule has 0 aliphatic heterocycles. The highest BCUT2D eigenvalue weighted by Crippen LogP contribution is 2.19. The van der Waals surface area contributed by atoms with Crippen LogP contribution in [0, 0.1) is 17.0 Å². The molecule has 1 aromatic heterocycles. The fourth-order valence-corrected chi connectivity index (χ4v) is 3.94. The van der Waals surface area contributed by atoms with Gasteiger partial charge in [-0.25, -0.2) is 18.1 Å². The normalized spacial score (nSPS) is 11.5. The Morgan fingerprint density at radius 2 is 1.79 bits per heavy atom. The first kappa shape index (κ1) is 19.7. The summed E-state index contributed by atoms with van der Waals surface area (Å²) >= 11 is 0. The van der Waals surface area contributed by atoms with E-state index < -0.39 is 14.9 Å². The molecule has 1 heterocycles. The molecule has 3 aromatic rings. The smallest absolute Gasteiger partial charge is 0.272 e. The van der Waals surface area contributed by atoms with E-state index in [0.717, 1.165) is 17.1 Å². The summed E-state index contributed by atoms with van der Waals surface area (Å²) in [5, 5.41) is 11.1.